The first kappa shape index (κ1) is 12.9. The summed E-state index contributed by atoms with van der Waals surface area (Å²) in [6.07, 6.45) is 3.43. The van der Waals surface area contributed by atoms with Crippen LogP contribution >= 0.6 is 11.6 Å². The Hall–Kier alpha value is -0.580. The standard InChI is InChI=1S/C12H20ClN3O/c1-3-9-7-16(5-4-10(9)17)8-12-14-6-11(13)15(12)2/h6,9-10,17H,3-5,7-8H2,1-2H3. The molecule has 0 aliphatic carbocycles. The Morgan fingerprint density at radius 3 is 2.94 bits per heavy atom. The van der Waals surface area contributed by atoms with E-state index in [1.807, 2.05) is 11.6 Å². The van der Waals surface area contributed by atoms with Crippen LogP contribution in [0, 0.1) is 5.92 Å². The number of aliphatic hydroxyl groups excluding tert-OH is 1. The van der Waals surface area contributed by atoms with Crippen molar-refractivity contribution >= 4 is 11.6 Å². The summed E-state index contributed by atoms with van der Waals surface area (Å²) in [6.45, 7) is 4.83. The second-order valence-electron chi connectivity index (χ2n) is 4.82. The van der Waals surface area contributed by atoms with E-state index in [0.717, 1.165) is 38.3 Å². The molecule has 0 saturated carbocycles. The van der Waals surface area contributed by atoms with E-state index >= 15 is 0 Å². The summed E-state index contributed by atoms with van der Waals surface area (Å²) in [6, 6.07) is 0. The molecule has 1 saturated heterocycles. The lowest BCUT2D eigenvalue weighted by Crippen LogP contribution is -2.42. The van der Waals surface area contributed by atoms with Crippen molar-refractivity contribution in [3.8, 4) is 0 Å². The summed E-state index contributed by atoms with van der Waals surface area (Å²) in [4.78, 5) is 6.65. The fourth-order valence-electron chi connectivity index (χ4n) is 2.41. The monoisotopic (exact) mass is 257 g/mol. The molecule has 5 heteroatoms. The minimum absolute atomic E-state index is 0.138. The van der Waals surface area contributed by atoms with Gasteiger partial charge in [0.25, 0.3) is 0 Å². The van der Waals surface area contributed by atoms with E-state index in [2.05, 4.69) is 16.8 Å². The van der Waals surface area contributed by atoms with Gasteiger partial charge in [-0.2, -0.15) is 0 Å². The van der Waals surface area contributed by atoms with Gasteiger partial charge in [-0.3, -0.25) is 4.90 Å². The minimum Gasteiger partial charge on any atom is -0.393 e. The first-order valence-electron chi connectivity index (χ1n) is 6.18. The van der Waals surface area contributed by atoms with E-state index < -0.39 is 0 Å². The van der Waals surface area contributed by atoms with Gasteiger partial charge in [0.1, 0.15) is 11.0 Å². The van der Waals surface area contributed by atoms with Crippen LogP contribution in [0.1, 0.15) is 25.6 Å². The molecule has 0 bridgehead atoms. The van der Waals surface area contributed by atoms with Crippen LogP contribution in [0.25, 0.3) is 0 Å². The van der Waals surface area contributed by atoms with Crippen molar-refractivity contribution in [2.75, 3.05) is 13.1 Å². The van der Waals surface area contributed by atoms with Crippen molar-refractivity contribution in [3.05, 3.63) is 17.2 Å². The maximum absolute atomic E-state index is 9.84. The van der Waals surface area contributed by atoms with Gasteiger partial charge in [-0.05, 0) is 18.8 Å². The molecule has 1 aromatic rings. The van der Waals surface area contributed by atoms with Gasteiger partial charge in [-0.25, -0.2) is 4.98 Å². The third kappa shape index (κ3) is 2.81. The molecule has 0 aromatic carbocycles. The zero-order valence-corrected chi connectivity index (χ0v) is 11.2. The number of halogens is 1. The second kappa shape index (κ2) is 5.38. The van der Waals surface area contributed by atoms with Crippen molar-refractivity contribution in [2.45, 2.75) is 32.4 Å². The van der Waals surface area contributed by atoms with Gasteiger partial charge >= 0.3 is 0 Å². The molecule has 4 nitrogen and oxygen atoms in total. The number of hydrogen-bond acceptors (Lipinski definition) is 3. The molecular formula is C12H20ClN3O. The predicted octanol–water partition coefficient (Wildman–Crippen LogP) is 1.67. The molecule has 96 valence electrons. The average molecular weight is 258 g/mol. The molecule has 2 heterocycles. The molecule has 2 unspecified atom stereocenters. The van der Waals surface area contributed by atoms with E-state index in [0.29, 0.717) is 11.1 Å². The summed E-state index contributed by atoms with van der Waals surface area (Å²) in [5, 5.41) is 10.5. The fraction of sp³-hybridized carbons (Fsp3) is 0.750. The maximum atomic E-state index is 9.84. The molecular weight excluding hydrogens is 238 g/mol. The first-order valence-corrected chi connectivity index (χ1v) is 6.56. The van der Waals surface area contributed by atoms with E-state index in [1.54, 1.807) is 6.20 Å². The highest BCUT2D eigenvalue weighted by atomic mass is 35.5. The zero-order valence-electron chi connectivity index (χ0n) is 10.4. The molecule has 0 radical (unpaired) electrons. The van der Waals surface area contributed by atoms with E-state index in [1.165, 1.54) is 0 Å². The Labute approximate surface area is 107 Å². The number of imidazole rings is 1. The van der Waals surface area contributed by atoms with Crippen LogP contribution < -0.4 is 0 Å². The van der Waals surface area contributed by atoms with Crippen molar-refractivity contribution < 1.29 is 5.11 Å². The fourth-order valence-corrected chi connectivity index (χ4v) is 2.56. The van der Waals surface area contributed by atoms with Crippen LogP contribution in [-0.2, 0) is 13.6 Å². The Morgan fingerprint density at radius 1 is 1.59 bits per heavy atom. The summed E-state index contributed by atoms with van der Waals surface area (Å²) in [5.41, 5.74) is 0. The van der Waals surface area contributed by atoms with E-state index in [4.69, 9.17) is 11.6 Å². The van der Waals surface area contributed by atoms with Gasteiger partial charge in [-0.1, -0.05) is 18.5 Å². The SMILES string of the molecule is CCC1CN(Cc2ncc(Cl)n2C)CCC1O. The summed E-state index contributed by atoms with van der Waals surface area (Å²) in [5.74, 6) is 1.38. The van der Waals surface area contributed by atoms with Crippen molar-refractivity contribution in [1.82, 2.24) is 14.5 Å². The van der Waals surface area contributed by atoms with Crippen LogP contribution in [0.3, 0.4) is 0 Å². The number of aliphatic hydroxyl groups is 1. The molecule has 0 spiro atoms. The quantitative estimate of drug-likeness (QED) is 0.896. The van der Waals surface area contributed by atoms with Crippen LogP contribution in [-0.4, -0.2) is 38.8 Å². The normalized spacial score (nSPS) is 26.4. The Kier molecular flexibility index (Phi) is 4.07. The van der Waals surface area contributed by atoms with Gasteiger partial charge in [0.2, 0.25) is 0 Å². The maximum Gasteiger partial charge on any atom is 0.128 e. The molecule has 1 aromatic heterocycles. The highest BCUT2D eigenvalue weighted by molar-refractivity contribution is 6.29. The zero-order chi connectivity index (χ0) is 12.4. The van der Waals surface area contributed by atoms with Crippen molar-refractivity contribution in [1.29, 1.82) is 0 Å². The van der Waals surface area contributed by atoms with Crippen molar-refractivity contribution in [2.24, 2.45) is 13.0 Å². The molecule has 2 atom stereocenters. The smallest absolute Gasteiger partial charge is 0.128 e. The van der Waals surface area contributed by atoms with Crippen LogP contribution in [0.5, 0.6) is 0 Å². The number of likely N-dealkylation sites (tertiary alicyclic amines) is 1. The average Bonchev–Trinajstić information content (AvgIpc) is 2.63. The molecule has 2 rings (SSSR count). The third-order valence-corrected chi connectivity index (χ3v) is 4.05. The molecule has 1 N–H and O–H groups in total. The summed E-state index contributed by atoms with van der Waals surface area (Å²) < 4.78 is 1.91. The lowest BCUT2D eigenvalue weighted by molar-refractivity contribution is 0.0210. The topological polar surface area (TPSA) is 41.3 Å². The number of aromatic nitrogens is 2. The molecule has 1 fully saturated rings. The molecule has 1 aliphatic heterocycles. The summed E-state index contributed by atoms with van der Waals surface area (Å²) >= 11 is 5.97. The van der Waals surface area contributed by atoms with Crippen molar-refractivity contribution in [3.63, 3.8) is 0 Å². The van der Waals surface area contributed by atoms with Gasteiger partial charge in [-0.15, -0.1) is 0 Å². The van der Waals surface area contributed by atoms with Crippen LogP contribution in [0.2, 0.25) is 5.15 Å². The minimum atomic E-state index is -0.138. The highest BCUT2D eigenvalue weighted by Crippen LogP contribution is 2.21. The number of piperidine rings is 1. The van der Waals surface area contributed by atoms with Crippen LogP contribution in [0.4, 0.5) is 0 Å². The number of hydrogen-bond donors (Lipinski definition) is 1. The van der Waals surface area contributed by atoms with E-state index in [-0.39, 0.29) is 6.10 Å². The van der Waals surface area contributed by atoms with Gasteiger partial charge in [0.15, 0.2) is 0 Å². The number of rotatable bonds is 3. The molecule has 1 aliphatic rings. The van der Waals surface area contributed by atoms with Crippen LogP contribution in [0.15, 0.2) is 6.20 Å². The highest BCUT2D eigenvalue weighted by Gasteiger charge is 2.26. The van der Waals surface area contributed by atoms with Gasteiger partial charge < -0.3 is 9.67 Å². The Bertz CT molecular complexity index is 380. The second-order valence-corrected chi connectivity index (χ2v) is 5.20. The van der Waals surface area contributed by atoms with Gasteiger partial charge in [0.05, 0.1) is 18.8 Å². The Balaban J connectivity index is 1.98. The summed E-state index contributed by atoms with van der Waals surface area (Å²) in [7, 11) is 1.93. The number of nitrogens with zero attached hydrogens (tertiary/aromatic N) is 3. The van der Waals surface area contributed by atoms with E-state index in [9.17, 15) is 5.11 Å². The first-order chi connectivity index (χ1) is 8.11. The van der Waals surface area contributed by atoms with Gasteiger partial charge in [0, 0.05) is 20.1 Å². The molecule has 17 heavy (non-hydrogen) atoms. The Morgan fingerprint density at radius 2 is 2.35 bits per heavy atom. The largest absolute Gasteiger partial charge is 0.393 e. The third-order valence-electron chi connectivity index (χ3n) is 3.70. The predicted molar refractivity (Wildman–Crippen MR) is 67.9 cm³/mol. The molecule has 0 amide bonds. The lowest BCUT2D eigenvalue weighted by Gasteiger charge is -2.35. The lowest BCUT2D eigenvalue weighted by atomic mass is 9.92.